The Kier molecular flexibility index (Phi) is 4.17. The van der Waals surface area contributed by atoms with E-state index in [1.807, 2.05) is 19.9 Å². The highest BCUT2D eigenvalue weighted by Crippen LogP contribution is 2.29. The first-order valence-electron chi connectivity index (χ1n) is 7.89. The average Bonchev–Trinajstić information content (AvgIpc) is 3.09. The molecule has 6 heteroatoms. The number of hydrogen-bond donors (Lipinski definition) is 2. The minimum Gasteiger partial charge on any atom is -0.347 e. The van der Waals surface area contributed by atoms with Gasteiger partial charge in [-0.15, -0.1) is 0 Å². The van der Waals surface area contributed by atoms with Crippen LogP contribution in [0, 0.1) is 12.7 Å². The van der Waals surface area contributed by atoms with E-state index in [4.69, 9.17) is 5.73 Å². The van der Waals surface area contributed by atoms with Gasteiger partial charge in [0.1, 0.15) is 11.5 Å². The lowest BCUT2D eigenvalue weighted by molar-refractivity contribution is 0.0935. The third-order valence-electron chi connectivity index (χ3n) is 4.21. The molecule has 2 aromatic rings. The van der Waals surface area contributed by atoms with Crippen molar-refractivity contribution < 1.29 is 9.18 Å². The molecule has 0 spiro atoms. The SMILES string of the molecule is Cc1ccc(-n2nc(C(=O)N[C@@H](C)CN)c3c2CCC3)c(F)c1. The summed E-state index contributed by atoms with van der Waals surface area (Å²) in [5, 5.41) is 7.23. The largest absolute Gasteiger partial charge is 0.347 e. The monoisotopic (exact) mass is 316 g/mol. The maximum atomic E-state index is 14.3. The van der Waals surface area contributed by atoms with E-state index in [9.17, 15) is 9.18 Å². The standard InChI is InChI=1S/C17H21FN4O/c1-10-6-7-15(13(18)8-10)22-14-5-3-4-12(14)16(21-22)17(23)20-11(2)9-19/h6-8,11H,3-5,9,19H2,1-2H3,(H,20,23)/t11-/m0/s1. The zero-order valence-corrected chi connectivity index (χ0v) is 13.4. The third kappa shape index (κ3) is 2.86. The highest BCUT2D eigenvalue weighted by Gasteiger charge is 2.28. The molecule has 0 saturated heterocycles. The molecule has 0 unspecified atom stereocenters. The Labute approximate surface area is 134 Å². The van der Waals surface area contributed by atoms with Crippen molar-refractivity contribution in [2.75, 3.05) is 6.54 Å². The zero-order chi connectivity index (χ0) is 16.6. The Balaban J connectivity index is 2.03. The van der Waals surface area contributed by atoms with E-state index in [0.29, 0.717) is 17.9 Å². The first-order valence-corrected chi connectivity index (χ1v) is 7.89. The number of rotatable bonds is 4. The van der Waals surface area contributed by atoms with Gasteiger partial charge in [0.2, 0.25) is 0 Å². The lowest BCUT2D eigenvalue weighted by Gasteiger charge is -2.10. The number of carbonyl (C=O) groups is 1. The van der Waals surface area contributed by atoms with Crippen molar-refractivity contribution in [3.63, 3.8) is 0 Å². The van der Waals surface area contributed by atoms with E-state index < -0.39 is 0 Å². The summed E-state index contributed by atoms with van der Waals surface area (Å²) in [5.74, 6) is -0.572. The molecule has 1 aliphatic rings. The molecule has 122 valence electrons. The number of nitrogens with two attached hydrogens (primary N) is 1. The van der Waals surface area contributed by atoms with E-state index in [0.717, 1.165) is 36.1 Å². The van der Waals surface area contributed by atoms with Crippen molar-refractivity contribution >= 4 is 5.91 Å². The highest BCUT2D eigenvalue weighted by molar-refractivity contribution is 5.94. The fraction of sp³-hybridized carbons (Fsp3) is 0.412. The van der Waals surface area contributed by atoms with Gasteiger partial charge in [0.15, 0.2) is 5.69 Å². The Morgan fingerprint density at radius 3 is 2.96 bits per heavy atom. The molecule has 0 fully saturated rings. The number of fused-ring (bicyclic) bond motifs is 1. The molecule has 0 saturated carbocycles. The van der Waals surface area contributed by atoms with E-state index in [-0.39, 0.29) is 17.8 Å². The van der Waals surface area contributed by atoms with Crippen LogP contribution in [0.15, 0.2) is 18.2 Å². The van der Waals surface area contributed by atoms with Crippen LogP contribution in [0.1, 0.15) is 40.7 Å². The van der Waals surface area contributed by atoms with Gasteiger partial charge in [-0.3, -0.25) is 4.79 Å². The first kappa shape index (κ1) is 15.7. The number of aromatic nitrogens is 2. The summed E-state index contributed by atoms with van der Waals surface area (Å²) in [6.07, 6.45) is 2.55. The first-order chi connectivity index (χ1) is 11.0. The van der Waals surface area contributed by atoms with Gasteiger partial charge in [0, 0.05) is 23.8 Å². The van der Waals surface area contributed by atoms with Crippen molar-refractivity contribution in [3.8, 4) is 5.69 Å². The molecule has 5 nitrogen and oxygen atoms in total. The van der Waals surface area contributed by atoms with Crippen LogP contribution >= 0.6 is 0 Å². The van der Waals surface area contributed by atoms with E-state index >= 15 is 0 Å². The Hall–Kier alpha value is -2.21. The number of halogens is 1. The van der Waals surface area contributed by atoms with E-state index in [2.05, 4.69) is 10.4 Å². The zero-order valence-electron chi connectivity index (χ0n) is 13.4. The second kappa shape index (κ2) is 6.12. The smallest absolute Gasteiger partial charge is 0.272 e. The highest BCUT2D eigenvalue weighted by atomic mass is 19.1. The predicted molar refractivity (Wildman–Crippen MR) is 86.3 cm³/mol. The molecule has 1 heterocycles. The lowest BCUT2D eigenvalue weighted by Crippen LogP contribution is -2.38. The maximum Gasteiger partial charge on any atom is 0.272 e. The number of hydrogen-bond acceptors (Lipinski definition) is 3. The van der Waals surface area contributed by atoms with Crippen LogP contribution in [0.4, 0.5) is 4.39 Å². The molecule has 23 heavy (non-hydrogen) atoms. The number of carbonyl (C=O) groups excluding carboxylic acids is 1. The number of amides is 1. The predicted octanol–water partition coefficient (Wildman–Crippen LogP) is 1.89. The second-order valence-corrected chi connectivity index (χ2v) is 6.10. The van der Waals surface area contributed by atoms with Crippen LogP contribution in [0.25, 0.3) is 5.69 Å². The van der Waals surface area contributed by atoms with E-state index in [1.165, 1.54) is 6.07 Å². The molecule has 1 aliphatic carbocycles. The van der Waals surface area contributed by atoms with Crippen LogP contribution in [0.3, 0.4) is 0 Å². The van der Waals surface area contributed by atoms with Crippen LogP contribution in [-0.4, -0.2) is 28.3 Å². The van der Waals surface area contributed by atoms with Crippen molar-refractivity contribution in [3.05, 3.63) is 46.5 Å². The molecule has 3 rings (SSSR count). The summed E-state index contributed by atoms with van der Waals surface area (Å²) in [7, 11) is 0. The summed E-state index contributed by atoms with van der Waals surface area (Å²) in [4.78, 5) is 12.4. The van der Waals surface area contributed by atoms with Crippen LogP contribution in [0.5, 0.6) is 0 Å². The van der Waals surface area contributed by atoms with Gasteiger partial charge in [-0.2, -0.15) is 5.10 Å². The van der Waals surface area contributed by atoms with Gasteiger partial charge >= 0.3 is 0 Å². The molecule has 1 aromatic heterocycles. The number of nitrogens with one attached hydrogen (secondary N) is 1. The van der Waals surface area contributed by atoms with E-state index in [1.54, 1.807) is 10.7 Å². The summed E-state index contributed by atoms with van der Waals surface area (Å²) >= 11 is 0. The maximum absolute atomic E-state index is 14.3. The molecule has 1 atom stereocenters. The van der Waals surface area contributed by atoms with Crippen molar-refractivity contribution in [1.29, 1.82) is 0 Å². The molecule has 3 N–H and O–H groups in total. The second-order valence-electron chi connectivity index (χ2n) is 6.10. The fourth-order valence-corrected chi connectivity index (χ4v) is 2.95. The Morgan fingerprint density at radius 2 is 2.26 bits per heavy atom. The Bertz CT molecular complexity index is 753. The van der Waals surface area contributed by atoms with Gasteiger partial charge in [-0.25, -0.2) is 9.07 Å². The van der Waals surface area contributed by atoms with Crippen molar-refractivity contribution in [2.45, 2.75) is 39.2 Å². The number of aryl methyl sites for hydroxylation is 1. The van der Waals surface area contributed by atoms with Crippen LogP contribution in [0.2, 0.25) is 0 Å². The lowest BCUT2D eigenvalue weighted by atomic mass is 10.2. The summed E-state index contributed by atoms with van der Waals surface area (Å²) in [6.45, 7) is 4.05. The minimum atomic E-state index is -0.329. The normalized spacial score (nSPS) is 14.6. The van der Waals surface area contributed by atoms with Gasteiger partial charge in [0.05, 0.1) is 0 Å². The molecule has 0 radical (unpaired) electrons. The van der Waals surface area contributed by atoms with Crippen molar-refractivity contribution in [2.24, 2.45) is 5.73 Å². The average molecular weight is 316 g/mol. The molecular formula is C17H21FN4O. The topological polar surface area (TPSA) is 72.9 Å². The summed E-state index contributed by atoms with van der Waals surface area (Å²) < 4.78 is 15.9. The van der Waals surface area contributed by atoms with Gasteiger partial charge in [0.25, 0.3) is 5.91 Å². The molecular weight excluding hydrogens is 295 g/mol. The quantitative estimate of drug-likeness (QED) is 0.904. The summed E-state index contributed by atoms with van der Waals surface area (Å²) in [6, 6.07) is 4.91. The fourth-order valence-electron chi connectivity index (χ4n) is 2.95. The van der Waals surface area contributed by atoms with Crippen LogP contribution in [-0.2, 0) is 12.8 Å². The molecule has 0 bridgehead atoms. The molecule has 1 aromatic carbocycles. The third-order valence-corrected chi connectivity index (χ3v) is 4.21. The number of benzene rings is 1. The van der Waals surface area contributed by atoms with Gasteiger partial charge in [-0.05, 0) is 50.8 Å². The minimum absolute atomic E-state index is 0.124. The summed E-state index contributed by atoms with van der Waals surface area (Å²) in [5.41, 5.74) is 9.03. The molecule has 0 aliphatic heterocycles. The number of nitrogens with zero attached hydrogens (tertiary/aromatic N) is 2. The van der Waals surface area contributed by atoms with Crippen LogP contribution < -0.4 is 11.1 Å². The van der Waals surface area contributed by atoms with Gasteiger partial charge < -0.3 is 11.1 Å². The Morgan fingerprint density at radius 1 is 1.48 bits per heavy atom. The van der Waals surface area contributed by atoms with Crippen molar-refractivity contribution in [1.82, 2.24) is 15.1 Å². The van der Waals surface area contributed by atoms with Gasteiger partial charge in [-0.1, -0.05) is 6.07 Å². The molecule has 1 amide bonds.